The number of nitrogens with zero attached hydrogens (tertiary/aromatic N) is 1. The maximum absolute atomic E-state index is 12.3. The second-order valence-electron chi connectivity index (χ2n) is 5.38. The predicted molar refractivity (Wildman–Crippen MR) is 87.8 cm³/mol. The lowest BCUT2D eigenvalue weighted by atomic mass is 10.1. The van der Waals surface area contributed by atoms with Crippen molar-refractivity contribution < 1.29 is 4.79 Å². The van der Waals surface area contributed by atoms with E-state index in [1.807, 2.05) is 18.7 Å². The highest BCUT2D eigenvalue weighted by Gasteiger charge is 2.16. The van der Waals surface area contributed by atoms with Crippen molar-refractivity contribution in [3.8, 4) is 0 Å². The van der Waals surface area contributed by atoms with Gasteiger partial charge in [-0.25, -0.2) is 0 Å². The van der Waals surface area contributed by atoms with Crippen LogP contribution in [0.4, 0.5) is 0 Å². The lowest BCUT2D eigenvalue weighted by Crippen LogP contribution is -2.39. The van der Waals surface area contributed by atoms with Gasteiger partial charge in [0.2, 0.25) is 5.91 Å². The van der Waals surface area contributed by atoms with Crippen LogP contribution in [-0.2, 0) is 11.2 Å². The van der Waals surface area contributed by atoms with E-state index in [0.29, 0.717) is 24.4 Å². The minimum atomic E-state index is 0.164. The summed E-state index contributed by atoms with van der Waals surface area (Å²) in [4.78, 5) is 14.6. The lowest BCUT2D eigenvalue weighted by Gasteiger charge is -2.26. The molecule has 0 fully saturated rings. The Balaban J connectivity index is 2.53. The van der Waals surface area contributed by atoms with Crippen molar-refractivity contribution in [2.75, 3.05) is 6.54 Å². The van der Waals surface area contributed by atoms with E-state index in [-0.39, 0.29) is 11.9 Å². The van der Waals surface area contributed by atoms with Crippen LogP contribution >= 0.6 is 12.2 Å². The summed E-state index contributed by atoms with van der Waals surface area (Å²) in [6.07, 6.45) is 1.89. The molecule has 0 aromatic heterocycles. The van der Waals surface area contributed by atoms with Crippen LogP contribution in [0.5, 0.6) is 0 Å². The summed E-state index contributed by atoms with van der Waals surface area (Å²) in [5.41, 5.74) is 7.95. The first-order valence-corrected chi connectivity index (χ1v) is 7.44. The van der Waals surface area contributed by atoms with Gasteiger partial charge in [-0.3, -0.25) is 4.79 Å². The second kappa shape index (κ2) is 8.00. The molecule has 1 aromatic rings. The Morgan fingerprint density at radius 2 is 1.85 bits per heavy atom. The van der Waals surface area contributed by atoms with Gasteiger partial charge in [-0.2, -0.15) is 0 Å². The Bertz CT molecular complexity index is 454. The number of thiocarbonyl (C=S) groups is 1. The Hall–Kier alpha value is -1.42. The van der Waals surface area contributed by atoms with E-state index in [2.05, 4.69) is 31.2 Å². The Morgan fingerprint density at radius 3 is 2.35 bits per heavy atom. The monoisotopic (exact) mass is 292 g/mol. The van der Waals surface area contributed by atoms with Gasteiger partial charge in [0.15, 0.2) is 0 Å². The molecular formula is C16H24N2OS. The topological polar surface area (TPSA) is 46.3 Å². The number of carbonyl (C=O) groups excluding carboxylic acids is 1. The Morgan fingerprint density at radius 1 is 1.25 bits per heavy atom. The number of hydrogen-bond acceptors (Lipinski definition) is 2. The Kier molecular flexibility index (Phi) is 6.65. The molecule has 1 amide bonds. The smallest absolute Gasteiger partial charge is 0.223 e. The quantitative estimate of drug-likeness (QED) is 0.786. The van der Waals surface area contributed by atoms with Crippen molar-refractivity contribution in [2.24, 2.45) is 5.73 Å². The van der Waals surface area contributed by atoms with Crippen molar-refractivity contribution in [1.29, 1.82) is 0 Å². The number of rotatable bonds is 7. The zero-order valence-corrected chi connectivity index (χ0v) is 13.4. The molecule has 2 N–H and O–H groups in total. The van der Waals surface area contributed by atoms with Crippen molar-refractivity contribution in [3.63, 3.8) is 0 Å². The average Bonchev–Trinajstić information content (AvgIpc) is 2.37. The maximum Gasteiger partial charge on any atom is 0.223 e. The van der Waals surface area contributed by atoms with Crippen molar-refractivity contribution >= 4 is 23.1 Å². The van der Waals surface area contributed by atoms with Gasteiger partial charge in [0.05, 0.1) is 4.99 Å². The molecular weight excluding hydrogens is 268 g/mol. The van der Waals surface area contributed by atoms with Crippen LogP contribution in [0.25, 0.3) is 0 Å². The molecule has 1 rings (SSSR count). The first-order chi connectivity index (χ1) is 9.40. The van der Waals surface area contributed by atoms with Crippen molar-refractivity contribution in [2.45, 2.75) is 46.1 Å². The fraction of sp³-hybridized carbons (Fsp3) is 0.500. The SMILES string of the molecule is Cc1ccc(CCC(=O)N(CCC(N)=S)C(C)C)cc1. The average molecular weight is 292 g/mol. The van der Waals surface area contributed by atoms with Gasteiger partial charge in [-0.1, -0.05) is 42.0 Å². The van der Waals surface area contributed by atoms with Crippen molar-refractivity contribution in [3.05, 3.63) is 35.4 Å². The van der Waals surface area contributed by atoms with E-state index in [1.54, 1.807) is 0 Å². The fourth-order valence-electron chi connectivity index (χ4n) is 2.05. The summed E-state index contributed by atoms with van der Waals surface area (Å²) in [6, 6.07) is 8.49. The molecule has 0 aliphatic heterocycles. The second-order valence-corrected chi connectivity index (χ2v) is 5.91. The van der Waals surface area contributed by atoms with Crippen LogP contribution in [0, 0.1) is 6.92 Å². The van der Waals surface area contributed by atoms with E-state index in [9.17, 15) is 4.79 Å². The first kappa shape index (κ1) is 16.6. The highest BCUT2D eigenvalue weighted by molar-refractivity contribution is 7.80. The van der Waals surface area contributed by atoms with Crippen LogP contribution in [0.2, 0.25) is 0 Å². The number of nitrogens with two attached hydrogens (primary N) is 1. The van der Waals surface area contributed by atoms with Crippen LogP contribution < -0.4 is 5.73 Å². The molecule has 0 unspecified atom stereocenters. The van der Waals surface area contributed by atoms with Crippen molar-refractivity contribution in [1.82, 2.24) is 4.90 Å². The molecule has 1 aromatic carbocycles. The number of aryl methyl sites for hydroxylation is 2. The van der Waals surface area contributed by atoms with Gasteiger partial charge in [0.25, 0.3) is 0 Å². The fourth-order valence-corrected chi connectivity index (χ4v) is 2.14. The third-order valence-corrected chi connectivity index (χ3v) is 3.50. The third-order valence-electron chi connectivity index (χ3n) is 3.29. The summed E-state index contributed by atoms with van der Waals surface area (Å²) in [5.74, 6) is 0.164. The number of amides is 1. The molecule has 20 heavy (non-hydrogen) atoms. The van der Waals surface area contributed by atoms with Crippen LogP contribution in [0.3, 0.4) is 0 Å². The summed E-state index contributed by atoms with van der Waals surface area (Å²) in [6.45, 7) is 6.71. The van der Waals surface area contributed by atoms with Crippen LogP contribution in [0.15, 0.2) is 24.3 Å². The van der Waals surface area contributed by atoms with E-state index >= 15 is 0 Å². The summed E-state index contributed by atoms with van der Waals surface area (Å²) < 4.78 is 0. The summed E-state index contributed by atoms with van der Waals surface area (Å²) in [5, 5.41) is 0. The molecule has 0 saturated heterocycles. The zero-order chi connectivity index (χ0) is 15.1. The van der Waals surface area contributed by atoms with E-state index in [1.165, 1.54) is 11.1 Å². The molecule has 0 bridgehead atoms. The third kappa shape index (κ3) is 5.70. The molecule has 3 nitrogen and oxygen atoms in total. The molecule has 4 heteroatoms. The minimum absolute atomic E-state index is 0.164. The molecule has 0 aliphatic rings. The molecule has 0 spiro atoms. The summed E-state index contributed by atoms with van der Waals surface area (Å²) >= 11 is 4.88. The highest BCUT2D eigenvalue weighted by Crippen LogP contribution is 2.09. The summed E-state index contributed by atoms with van der Waals surface area (Å²) in [7, 11) is 0. The van der Waals surface area contributed by atoms with E-state index in [0.717, 1.165) is 6.42 Å². The van der Waals surface area contributed by atoms with Gasteiger partial charge in [-0.05, 0) is 32.8 Å². The molecule has 0 heterocycles. The maximum atomic E-state index is 12.3. The normalized spacial score (nSPS) is 10.6. The van der Waals surface area contributed by atoms with E-state index < -0.39 is 0 Å². The number of benzene rings is 1. The van der Waals surface area contributed by atoms with Crippen LogP contribution in [-0.4, -0.2) is 28.4 Å². The van der Waals surface area contributed by atoms with Gasteiger partial charge in [-0.15, -0.1) is 0 Å². The van der Waals surface area contributed by atoms with Gasteiger partial charge in [0.1, 0.15) is 0 Å². The minimum Gasteiger partial charge on any atom is -0.393 e. The molecule has 0 atom stereocenters. The van der Waals surface area contributed by atoms with Gasteiger partial charge < -0.3 is 10.6 Å². The molecule has 110 valence electrons. The largest absolute Gasteiger partial charge is 0.393 e. The predicted octanol–water partition coefficient (Wildman–Crippen LogP) is 2.84. The molecule has 0 radical (unpaired) electrons. The van der Waals surface area contributed by atoms with Crippen LogP contribution in [0.1, 0.15) is 37.8 Å². The van der Waals surface area contributed by atoms with E-state index in [4.69, 9.17) is 18.0 Å². The van der Waals surface area contributed by atoms with Gasteiger partial charge >= 0.3 is 0 Å². The first-order valence-electron chi connectivity index (χ1n) is 7.03. The number of hydrogen-bond donors (Lipinski definition) is 1. The van der Waals surface area contributed by atoms with Gasteiger partial charge in [0, 0.05) is 25.4 Å². The lowest BCUT2D eigenvalue weighted by molar-refractivity contribution is -0.132. The molecule has 0 aliphatic carbocycles. The Labute approximate surface area is 127 Å². The standard InChI is InChI=1S/C16H24N2OS/c1-12(2)18(11-10-15(17)20)16(19)9-8-14-6-4-13(3)5-7-14/h4-7,12H,8-11H2,1-3H3,(H2,17,20). The number of carbonyl (C=O) groups is 1. The highest BCUT2D eigenvalue weighted by atomic mass is 32.1. The molecule has 0 saturated carbocycles. The zero-order valence-electron chi connectivity index (χ0n) is 12.6.